The molecule has 3 aromatic rings. The van der Waals surface area contributed by atoms with Crippen LogP contribution in [0.2, 0.25) is 0 Å². The van der Waals surface area contributed by atoms with Crippen molar-refractivity contribution < 1.29 is 4.79 Å². The molecule has 4 nitrogen and oxygen atoms in total. The number of aryl methyl sites for hydroxylation is 1. The van der Waals surface area contributed by atoms with Crippen LogP contribution in [0, 0.1) is 13.8 Å². The average molecular weight is 400 g/mol. The minimum Gasteiger partial charge on any atom is -0.365 e. The number of rotatable bonds is 3. The zero-order valence-electron chi connectivity index (χ0n) is 18.0. The Morgan fingerprint density at radius 3 is 2.30 bits per heavy atom. The van der Waals surface area contributed by atoms with Crippen LogP contribution in [0.25, 0.3) is 10.9 Å². The third kappa shape index (κ3) is 3.06. The van der Waals surface area contributed by atoms with E-state index in [2.05, 4.69) is 43.0 Å². The van der Waals surface area contributed by atoms with E-state index in [-0.39, 0.29) is 5.91 Å². The van der Waals surface area contributed by atoms with Gasteiger partial charge in [-0.3, -0.25) is 9.78 Å². The summed E-state index contributed by atoms with van der Waals surface area (Å²) in [6, 6.07) is 19.4. The smallest absolute Gasteiger partial charge is 0.253 e. The summed E-state index contributed by atoms with van der Waals surface area (Å²) in [7, 11) is 1.98. The van der Waals surface area contributed by atoms with E-state index in [9.17, 15) is 4.79 Å². The molecule has 2 bridgehead atoms. The highest BCUT2D eigenvalue weighted by molar-refractivity contribution is 5.95. The third-order valence-corrected chi connectivity index (χ3v) is 7.20. The molecule has 0 radical (unpaired) electrons. The number of hydrogen-bond donors (Lipinski definition) is 0. The molecule has 2 atom stereocenters. The lowest BCUT2D eigenvalue weighted by molar-refractivity contribution is 0.0693. The van der Waals surface area contributed by atoms with Crippen molar-refractivity contribution >= 4 is 22.5 Å². The molecule has 1 aromatic heterocycles. The fourth-order valence-corrected chi connectivity index (χ4v) is 5.52. The minimum absolute atomic E-state index is 0.134. The molecule has 2 unspecified atom stereocenters. The van der Waals surface area contributed by atoms with Gasteiger partial charge in [-0.25, -0.2) is 0 Å². The molecular formula is C26H29N3O. The quantitative estimate of drug-likeness (QED) is 0.613. The van der Waals surface area contributed by atoms with E-state index in [4.69, 9.17) is 4.98 Å². The van der Waals surface area contributed by atoms with Crippen LogP contribution in [-0.2, 0) is 0 Å². The van der Waals surface area contributed by atoms with Gasteiger partial charge in [-0.2, -0.15) is 0 Å². The number of para-hydroxylation sites is 1. The Balaban J connectivity index is 1.45. The molecule has 1 amide bonds. The van der Waals surface area contributed by atoms with Crippen molar-refractivity contribution in [1.29, 1.82) is 0 Å². The van der Waals surface area contributed by atoms with Crippen LogP contribution in [0.3, 0.4) is 0 Å². The average Bonchev–Trinajstić information content (AvgIpc) is 3.02. The highest BCUT2D eigenvalue weighted by Crippen LogP contribution is 2.44. The minimum atomic E-state index is 0.134. The molecule has 2 aromatic carbocycles. The number of pyridine rings is 1. The Morgan fingerprint density at radius 1 is 0.967 bits per heavy atom. The molecule has 3 heterocycles. The fraction of sp³-hybridized carbons (Fsp3) is 0.385. The van der Waals surface area contributed by atoms with Crippen LogP contribution in [0.15, 0.2) is 54.6 Å². The highest BCUT2D eigenvalue weighted by atomic mass is 16.2. The number of amides is 1. The van der Waals surface area contributed by atoms with Crippen molar-refractivity contribution in [2.75, 3.05) is 11.9 Å². The van der Waals surface area contributed by atoms with Crippen LogP contribution in [0.5, 0.6) is 0 Å². The fourth-order valence-electron chi connectivity index (χ4n) is 5.52. The van der Waals surface area contributed by atoms with Crippen LogP contribution >= 0.6 is 0 Å². The molecule has 0 spiro atoms. The standard InChI is InChI=1S/C26H29N3O/c1-17-18(2)27-24-12-8-7-11-23(24)25(17)29-20-13-14-21(29)16-22(15-20)28(3)26(30)19-9-5-4-6-10-19/h4-12,20-22H,13-16H2,1-3H3. The van der Waals surface area contributed by atoms with Gasteiger partial charge in [0.25, 0.3) is 5.91 Å². The zero-order valence-corrected chi connectivity index (χ0v) is 18.0. The molecule has 2 aliphatic rings. The number of hydrogen-bond acceptors (Lipinski definition) is 3. The molecule has 0 saturated carbocycles. The van der Waals surface area contributed by atoms with Gasteiger partial charge in [0.05, 0.1) is 11.2 Å². The molecule has 2 saturated heterocycles. The first-order valence-corrected chi connectivity index (χ1v) is 11.0. The second kappa shape index (κ2) is 7.42. The number of nitrogens with zero attached hydrogens (tertiary/aromatic N) is 3. The summed E-state index contributed by atoms with van der Waals surface area (Å²) in [5.41, 5.74) is 5.62. The predicted octanol–water partition coefficient (Wildman–Crippen LogP) is 5.12. The van der Waals surface area contributed by atoms with E-state index < -0.39 is 0 Å². The Morgan fingerprint density at radius 2 is 1.60 bits per heavy atom. The highest BCUT2D eigenvalue weighted by Gasteiger charge is 2.43. The SMILES string of the molecule is Cc1nc2ccccc2c(N2C3CCC2CC(N(C)C(=O)c2ccccc2)C3)c1C. The number of fused-ring (bicyclic) bond motifs is 3. The van der Waals surface area contributed by atoms with E-state index >= 15 is 0 Å². The summed E-state index contributed by atoms with van der Waals surface area (Å²) in [6.07, 6.45) is 4.45. The first-order valence-electron chi connectivity index (χ1n) is 11.0. The first kappa shape index (κ1) is 19.1. The van der Waals surface area contributed by atoms with E-state index in [0.717, 1.165) is 29.6 Å². The molecule has 0 aliphatic carbocycles. The van der Waals surface area contributed by atoms with Crippen molar-refractivity contribution in [1.82, 2.24) is 9.88 Å². The molecule has 4 heteroatoms. The van der Waals surface area contributed by atoms with Crippen molar-refractivity contribution in [3.63, 3.8) is 0 Å². The Labute approximate surface area is 178 Å². The number of aromatic nitrogens is 1. The number of benzene rings is 2. The van der Waals surface area contributed by atoms with Gasteiger partial charge in [0.1, 0.15) is 0 Å². The molecule has 2 fully saturated rings. The molecule has 30 heavy (non-hydrogen) atoms. The normalized spacial score (nSPS) is 23.0. The maximum Gasteiger partial charge on any atom is 0.253 e. The topological polar surface area (TPSA) is 36.4 Å². The molecule has 2 aliphatic heterocycles. The van der Waals surface area contributed by atoms with E-state index in [1.807, 2.05) is 42.3 Å². The Hall–Kier alpha value is -2.88. The summed E-state index contributed by atoms with van der Waals surface area (Å²) in [5, 5.41) is 1.25. The van der Waals surface area contributed by atoms with Crippen molar-refractivity contribution in [3.05, 3.63) is 71.4 Å². The van der Waals surface area contributed by atoms with Gasteiger partial charge >= 0.3 is 0 Å². The second-order valence-electron chi connectivity index (χ2n) is 8.89. The first-order chi connectivity index (χ1) is 14.5. The van der Waals surface area contributed by atoms with Crippen molar-refractivity contribution in [2.24, 2.45) is 0 Å². The molecular weight excluding hydrogens is 370 g/mol. The van der Waals surface area contributed by atoms with Gasteiger partial charge in [-0.1, -0.05) is 36.4 Å². The summed E-state index contributed by atoms with van der Waals surface area (Å²) in [4.78, 5) is 22.5. The monoisotopic (exact) mass is 399 g/mol. The van der Waals surface area contributed by atoms with Crippen LogP contribution in [0.4, 0.5) is 5.69 Å². The number of piperidine rings is 1. The van der Waals surface area contributed by atoms with E-state index in [1.54, 1.807) is 0 Å². The van der Waals surface area contributed by atoms with Gasteiger partial charge in [0.15, 0.2) is 0 Å². The second-order valence-corrected chi connectivity index (χ2v) is 8.89. The van der Waals surface area contributed by atoms with Gasteiger partial charge < -0.3 is 9.80 Å². The lowest BCUT2D eigenvalue weighted by Gasteiger charge is -2.44. The Kier molecular flexibility index (Phi) is 4.73. The van der Waals surface area contributed by atoms with Crippen molar-refractivity contribution in [2.45, 2.75) is 57.7 Å². The largest absolute Gasteiger partial charge is 0.365 e. The third-order valence-electron chi connectivity index (χ3n) is 7.20. The lowest BCUT2D eigenvalue weighted by atomic mass is 9.93. The van der Waals surface area contributed by atoms with E-state index in [1.165, 1.54) is 29.5 Å². The maximum absolute atomic E-state index is 13.0. The summed E-state index contributed by atoms with van der Waals surface area (Å²) >= 11 is 0. The maximum atomic E-state index is 13.0. The summed E-state index contributed by atoms with van der Waals surface area (Å²) in [5.74, 6) is 0.134. The summed E-state index contributed by atoms with van der Waals surface area (Å²) in [6.45, 7) is 4.33. The number of carbonyl (C=O) groups is 1. The molecule has 0 N–H and O–H groups in total. The Bertz CT molecular complexity index is 1080. The van der Waals surface area contributed by atoms with Crippen LogP contribution < -0.4 is 4.90 Å². The molecule has 154 valence electrons. The molecule has 5 rings (SSSR count). The van der Waals surface area contributed by atoms with Crippen LogP contribution in [0.1, 0.15) is 47.3 Å². The van der Waals surface area contributed by atoms with E-state index in [0.29, 0.717) is 18.1 Å². The van der Waals surface area contributed by atoms with Crippen LogP contribution in [-0.4, -0.2) is 41.0 Å². The predicted molar refractivity (Wildman–Crippen MR) is 122 cm³/mol. The van der Waals surface area contributed by atoms with Gasteiger partial charge in [0.2, 0.25) is 0 Å². The van der Waals surface area contributed by atoms with Crippen molar-refractivity contribution in [3.8, 4) is 0 Å². The van der Waals surface area contributed by atoms with Gasteiger partial charge in [-0.15, -0.1) is 0 Å². The van der Waals surface area contributed by atoms with Gasteiger partial charge in [0, 0.05) is 41.8 Å². The zero-order chi connectivity index (χ0) is 20.8. The summed E-state index contributed by atoms with van der Waals surface area (Å²) < 4.78 is 0. The number of carbonyl (C=O) groups excluding carboxylic acids is 1. The van der Waals surface area contributed by atoms with Gasteiger partial charge in [-0.05, 0) is 63.3 Å². The number of anilines is 1. The lowest BCUT2D eigenvalue weighted by Crippen LogP contribution is -2.51.